The van der Waals surface area contributed by atoms with E-state index in [1.165, 1.54) is 34.6 Å². The quantitative estimate of drug-likeness (QED) is 0.291. The van der Waals surface area contributed by atoms with Crippen molar-refractivity contribution in [3.8, 4) is 0 Å². The number of esters is 4. The summed E-state index contributed by atoms with van der Waals surface area (Å²) in [5.41, 5.74) is 0. The normalized spacial score (nSPS) is 35.1. The molecule has 0 aliphatic carbocycles. The number of carbonyl (C=O) groups excluding carboxylic acids is 5. The Morgan fingerprint density at radius 1 is 0.632 bits per heavy atom. The first-order chi connectivity index (χ1) is 17.7. The van der Waals surface area contributed by atoms with Crippen molar-refractivity contribution < 1.29 is 57.1 Å². The van der Waals surface area contributed by atoms with E-state index in [4.69, 9.17) is 33.2 Å². The van der Waals surface area contributed by atoms with Crippen molar-refractivity contribution in [3.63, 3.8) is 0 Å². The van der Waals surface area contributed by atoms with Crippen LogP contribution in [0.5, 0.6) is 0 Å². The summed E-state index contributed by atoms with van der Waals surface area (Å²) in [4.78, 5) is 59.1. The lowest BCUT2D eigenvalue weighted by Gasteiger charge is -2.49. The van der Waals surface area contributed by atoms with Crippen molar-refractivity contribution in [2.45, 2.75) is 105 Å². The van der Waals surface area contributed by atoms with Gasteiger partial charge in [-0.05, 0) is 13.8 Å². The SMILES string of the molecule is CC(=O)CC1[C@H](C)OC(COC(C)=O)[C@@H](O[C@@H]2OC(COC(C)=O)[C@@H](C)[C@@H](OC(C)=O)C2C)[C@H]1OC(C)=O. The zero-order chi connectivity index (χ0) is 28.7. The number of ketones is 1. The maximum Gasteiger partial charge on any atom is 0.303 e. The van der Waals surface area contributed by atoms with Gasteiger partial charge in [-0.2, -0.15) is 0 Å². The molecule has 2 aliphatic heterocycles. The molecule has 12 heteroatoms. The number of Topliss-reactive ketones (excluding diaryl/α,β-unsaturated/α-hetero) is 1. The van der Waals surface area contributed by atoms with E-state index in [9.17, 15) is 24.0 Å². The van der Waals surface area contributed by atoms with Gasteiger partial charge in [0.15, 0.2) is 6.29 Å². The summed E-state index contributed by atoms with van der Waals surface area (Å²) in [5, 5.41) is 0. The summed E-state index contributed by atoms with van der Waals surface area (Å²) < 4.78 is 40.3. The third kappa shape index (κ3) is 8.74. The predicted octanol–water partition coefficient (Wildman–Crippen LogP) is 1.74. The van der Waals surface area contributed by atoms with E-state index >= 15 is 0 Å². The topological polar surface area (TPSA) is 150 Å². The van der Waals surface area contributed by atoms with E-state index in [0.29, 0.717) is 0 Å². The third-order valence-corrected chi connectivity index (χ3v) is 6.79. The van der Waals surface area contributed by atoms with Gasteiger partial charge in [0, 0.05) is 51.9 Å². The molecular formula is C26H40O12. The lowest BCUT2D eigenvalue weighted by atomic mass is 9.83. The summed E-state index contributed by atoms with van der Waals surface area (Å²) in [6.45, 7) is 11.5. The van der Waals surface area contributed by atoms with Crippen LogP contribution in [0.1, 0.15) is 61.8 Å². The molecular weight excluding hydrogens is 504 g/mol. The fraction of sp³-hybridized carbons (Fsp3) is 0.808. The minimum Gasteiger partial charge on any atom is -0.463 e. The molecule has 0 aromatic rings. The molecule has 2 aliphatic rings. The van der Waals surface area contributed by atoms with Crippen molar-refractivity contribution in [1.29, 1.82) is 0 Å². The maximum atomic E-state index is 12.1. The van der Waals surface area contributed by atoms with Gasteiger partial charge >= 0.3 is 23.9 Å². The number of carbonyl (C=O) groups is 5. The van der Waals surface area contributed by atoms with Crippen LogP contribution in [-0.2, 0) is 57.1 Å². The van der Waals surface area contributed by atoms with Crippen molar-refractivity contribution in [2.24, 2.45) is 17.8 Å². The number of ether oxygens (including phenoxy) is 7. The molecule has 4 unspecified atom stereocenters. The standard InChI is InChI=1S/C26H40O12/c1-12(27)9-20-15(4)34-22(11-33-17(6)29)25(24(20)36-19(8)31)38-26-14(3)23(35-18(7)30)13(2)21(37-26)10-32-16(5)28/h13-15,20-26H,9-11H2,1-8H3/t13-,14?,15+,20?,21?,22?,23-,24+,25-,26+/m1/s1. The highest BCUT2D eigenvalue weighted by Crippen LogP contribution is 2.38. The van der Waals surface area contributed by atoms with Gasteiger partial charge in [-0.15, -0.1) is 0 Å². The van der Waals surface area contributed by atoms with Gasteiger partial charge in [-0.1, -0.05) is 13.8 Å². The fourth-order valence-electron chi connectivity index (χ4n) is 5.01. The second-order valence-electron chi connectivity index (χ2n) is 10.1. The molecule has 10 atom stereocenters. The zero-order valence-electron chi connectivity index (χ0n) is 23.3. The summed E-state index contributed by atoms with van der Waals surface area (Å²) >= 11 is 0. The first-order valence-electron chi connectivity index (χ1n) is 12.8. The average Bonchev–Trinajstić information content (AvgIpc) is 2.79. The van der Waals surface area contributed by atoms with E-state index in [2.05, 4.69) is 0 Å². The molecule has 2 heterocycles. The van der Waals surface area contributed by atoms with Crippen molar-refractivity contribution >= 4 is 29.7 Å². The molecule has 216 valence electrons. The molecule has 0 N–H and O–H groups in total. The second-order valence-corrected chi connectivity index (χ2v) is 10.1. The Bertz CT molecular complexity index is 872. The number of hydrogen-bond acceptors (Lipinski definition) is 12. The predicted molar refractivity (Wildman–Crippen MR) is 129 cm³/mol. The largest absolute Gasteiger partial charge is 0.463 e. The highest BCUT2D eigenvalue weighted by Gasteiger charge is 2.52. The summed E-state index contributed by atoms with van der Waals surface area (Å²) in [7, 11) is 0. The Balaban J connectivity index is 2.45. The van der Waals surface area contributed by atoms with Crippen LogP contribution >= 0.6 is 0 Å². The lowest BCUT2D eigenvalue weighted by molar-refractivity contribution is -0.321. The van der Waals surface area contributed by atoms with Crippen LogP contribution in [0.2, 0.25) is 0 Å². The molecule has 0 aromatic carbocycles. The van der Waals surface area contributed by atoms with Crippen LogP contribution in [-0.4, -0.2) is 85.8 Å². The van der Waals surface area contributed by atoms with Crippen LogP contribution in [0.4, 0.5) is 0 Å². The van der Waals surface area contributed by atoms with E-state index in [0.717, 1.165) is 0 Å². The van der Waals surface area contributed by atoms with Gasteiger partial charge in [0.05, 0.1) is 6.10 Å². The highest BCUT2D eigenvalue weighted by atomic mass is 16.7. The Hall–Kier alpha value is -2.57. The van der Waals surface area contributed by atoms with Crippen LogP contribution in [0, 0.1) is 17.8 Å². The monoisotopic (exact) mass is 544 g/mol. The van der Waals surface area contributed by atoms with E-state index in [1.807, 2.05) is 6.92 Å². The number of hydrogen-bond donors (Lipinski definition) is 0. The van der Waals surface area contributed by atoms with Crippen LogP contribution in [0.3, 0.4) is 0 Å². The van der Waals surface area contributed by atoms with E-state index in [-0.39, 0.29) is 31.3 Å². The number of rotatable bonds is 10. The zero-order valence-corrected chi connectivity index (χ0v) is 23.3. The molecule has 12 nitrogen and oxygen atoms in total. The van der Waals surface area contributed by atoms with Crippen LogP contribution < -0.4 is 0 Å². The molecule has 2 fully saturated rings. The Labute approximate surface area is 222 Å². The molecule has 0 saturated carbocycles. The second kappa shape index (κ2) is 14.0. The van der Waals surface area contributed by atoms with Gasteiger partial charge in [-0.3, -0.25) is 19.2 Å². The first-order valence-corrected chi connectivity index (χ1v) is 12.8. The van der Waals surface area contributed by atoms with Gasteiger partial charge < -0.3 is 38.0 Å². The summed E-state index contributed by atoms with van der Waals surface area (Å²) in [6.07, 6.45) is -5.63. The Kier molecular flexibility index (Phi) is 11.7. The van der Waals surface area contributed by atoms with E-state index in [1.54, 1.807) is 13.8 Å². The summed E-state index contributed by atoms with van der Waals surface area (Å²) in [6, 6.07) is 0. The van der Waals surface area contributed by atoms with Gasteiger partial charge in [-0.25, -0.2) is 0 Å². The minimum absolute atomic E-state index is 0.0581. The van der Waals surface area contributed by atoms with Crippen LogP contribution in [0.15, 0.2) is 0 Å². The van der Waals surface area contributed by atoms with Gasteiger partial charge in [0.1, 0.15) is 49.5 Å². The summed E-state index contributed by atoms with van der Waals surface area (Å²) in [5.74, 6) is -3.65. The van der Waals surface area contributed by atoms with Crippen LogP contribution in [0.25, 0.3) is 0 Å². The maximum absolute atomic E-state index is 12.1. The first kappa shape index (κ1) is 31.6. The molecule has 0 bridgehead atoms. The van der Waals surface area contributed by atoms with Gasteiger partial charge in [0.2, 0.25) is 0 Å². The third-order valence-electron chi connectivity index (χ3n) is 6.79. The molecule has 0 amide bonds. The molecule has 2 rings (SSSR count). The smallest absolute Gasteiger partial charge is 0.303 e. The minimum atomic E-state index is -1.02. The Morgan fingerprint density at radius 2 is 1.16 bits per heavy atom. The van der Waals surface area contributed by atoms with Gasteiger partial charge in [0.25, 0.3) is 0 Å². The molecule has 2 saturated heterocycles. The van der Waals surface area contributed by atoms with Crippen molar-refractivity contribution in [2.75, 3.05) is 13.2 Å². The lowest BCUT2D eigenvalue weighted by Crippen LogP contribution is -2.61. The van der Waals surface area contributed by atoms with Crippen molar-refractivity contribution in [1.82, 2.24) is 0 Å². The molecule has 0 aromatic heterocycles. The van der Waals surface area contributed by atoms with E-state index < -0.39 is 78.6 Å². The highest BCUT2D eigenvalue weighted by molar-refractivity contribution is 5.76. The molecule has 38 heavy (non-hydrogen) atoms. The molecule has 0 spiro atoms. The fourth-order valence-corrected chi connectivity index (χ4v) is 5.01. The Morgan fingerprint density at radius 3 is 1.66 bits per heavy atom. The molecule has 0 radical (unpaired) electrons. The average molecular weight is 545 g/mol. The van der Waals surface area contributed by atoms with Crippen molar-refractivity contribution in [3.05, 3.63) is 0 Å².